The van der Waals surface area contributed by atoms with Gasteiger partial charge in [0.1, 0.15) is 11.3 Å². The summed E-state index contributed by atoms with van der Waals surface area (Å²) in [6.45, 7) is 2.02. The number of nitrogens with zero attached hydrogens (tertiary/aromatic N) is 1. The maximum atomic E-state index is 10.9. The molecule has 23 heavy (non-hydrogen) atoms. The second kappa shape index (κ2) is 5.96. The molecule has 0 atom stereocenters. The van der Waals surface area contributed by atoms with E-state index in [9.17, 15) is 4.79 Å². The summed E-state index contributed by atoms with van der Waals surface area (Å²) in [7, 11) is 1.62. The summed E-state index contributed by atoms with van der Waals surface area (Å²) in [6, 6.07) is 12.4. The number of carbonyl (C=O) groups is 1. The Hall–Kier alpha value is -3.08. The first-order valence-corrected chi connectivity index (χ1v) is 7.13. The van der Waals surface area contributed by atoms with Crippen LogP contribution in [-0.2, 0) is 0 Å². The Balaban J connectivity index is 2.04. The Morgan fingerprint density at radius 3 is 2.52 bits per heavy atom. The second-order valence-corrected chi connectivity index (χ2v) is 5.17. The van der Waals surface area contributed by atoms with Crippen molar-refractivity contribution in [2.24, 2.45) is 0 Å². The zero-order valence-corrected chi connectivity index (χ0v) is 12.8. The van der Waals surface area contributed by atoms with E-state index in [1.807, 2.05) is 25.1 Å². The van der Waals surface area contributed by atoms with Gasteiger partial charge in [0.15, 0.2) is 0 Å². The molecule has 0 aliphatic heterocycles. The zero-order chi connectivity index (χ0) is 16.4. The number of ether oxygens (including phenoxy) is 1. The molecule has 0 fully saturated rings. The van der Waals surface area contributed by atoms with Gasteiger partial charge < -0.3 is 15.2 Å². The van der Waals surface area contributed by atoms with Crippen molar-refractivity contribution >= 4 is 28.2 Å². The highest BCUT2D eigenvalue weighted by Gasteiger charge is 2.10. The van der Waals surface area contributed by atoms with Crippen molar-refractivity contribution in [1.82, 2.24) is 4.98 Å². The fraction of sp³-hybridized carbons (Fsp3) is 0.111. The molecule has 0 unspecified atom stereocenters. The molecule has 5 nitrogen and oxygen atoms in total. The second-order valence-electron chi connectivity index (χ2n) is 5.17. The summed E-state index contributed by atoms with van der Waals surface area (Å²) >= 11 is 0. The third-order valence-electron chi connectivity index (χ3n) is 3.69. The number of methoxy groups -OCH3 is 1. The number of rotatable bonds is 4. The maximum absolute atomic E-state index is 10.9. The summed E-state index contributed by atoms with van der Waals surface area (Å²) < 4.78 is 5.37. The molecule has 0 aliphatic carbocycles. The highest BCUT2D eigenvalue weighted by molar-refractivity contribution is 5.98. The lowest BCUT2D eigenvalue weighted by molar-refractivity contribution is 0.0697. The number of anilines is 2. The van der Waals surface area contributed by atoms with Crippen molar-refractivity contribution in [3.63, 3.8) is 0 Å². The van der Waals surface area contributed by atoms with Crippen molar-refractivity contribution in [2.45, 2.75) is 6.92 Å². The Kier molecular flexibility index (Phi) is 3.85. The molecule has 116 valence electrons. The highest BCUT2D eigenvalue weighted by Crippen LogP contribution is 2.33. The highest BCUT2D eigenvalue weighted by atomic mass is 16.5. The fourth-order valence-corrected chi connectivity index (χ4v) is 2.53. The minimum atomic E-state index is -0.938. The van der Waals surface area contributed by atoms with E-state index in [0.29, 0.717) is 0 Å². The molecule has 5 heteroatoms. The van der Waals surface area contributed by atoms with Gasteiger partial charge in [-0.25, -0.2) is 4.79 Å². The summed E-state index contributed by atoms with van der Waals surface area (Å²) in [6.07, 6.45) is 1.72. The molecule has 0 bridgehead atoms. The van der Waals surface area contributed by atoms with Crippen LogP contribution in [0.5, 0.6) is 5.75 Å². The maximum Gasteiger partial charge on any atom is 0.335 e. The average molecular weight is 308 g/mol. The van der Waals surface area contributed by atoms with Gasteiger partial charge in [0.2, 0.25) is 0 Å². The topological polar surface area (TPSA) is 71.5 Å². The van der Waals surface area contributed by atoms with Crippen LogP contribution in [0.1, 0.15) is 15.9 Å². The van der Waals surface area contributed by atoms with Crippen LogP contribution in [0, 0.1) is 6.92 Å². The van der Waals surface area contributed by atoms with Gasteiger partial charge in [0, 0.05) is 23.0 Å². The van der Waals surface area contributed by atoms with Crippen LogP contribution in [-0.4, -0.2) is 23.2 Å². The van der Waals surface area contributed by atoms with Crippen molar-refractivity contribution in [3.8, 4) is 5.75 Å². The molecule has 0 saturated carbocycles. The predicted octanol–water partition coefficient (Wildman–Crippen LogP) is 3.99. The summed E-state index contributed by atoms with van der Waals surface area (Å²) in [4.78, 5) is 15.3. The standard InChI is InChI=1S/C18H16N2O3/c1-11-3-8-15(23-2)17-16(11)14(9-10-19-17)20-13-6-4-12(5-7-13)18(21)22/h3-10H,1-2H3,(H,19,20)(H,21,22). The van der Waals surface area contributed by atoms with E-state index in [2.05, 4.69) is 10.3 Å². The van der Waals surface area contributed by atoms with Crippen LogP contribution in [0.2, 0.25) is 0 Å². The third-order valence-corrected chi connectivity index (χ3v) is 3.69. The molecule has 0 saturated heterocycles. The van der Waals surface area contributed by atoms with Crippen LogP contribution in [0.15, 0.2) is 48.7 Å². The number of pyridine rings is 1. The van der Waals surface area contributed by atoms with Crippen LogP contribution >= 0.6 is 0 Å². The minimum Gasteiger partial charge on any atom is -0.494 e. The fourth-order valence-electron chi connectivity index (χ4n) is 2.53. The van der Waals surface area contributed by atoms with Gasteiger partial charge in [0.25, 0.3) is 0 Å². The normalized spacial score (nSPS) is 10.5. The van der Waals surface area contributed by atoms with E-state index in [-0.39, 0.29) is 5.56 Å². The van der Waals surface area contributed by atoms with E-state index >= 15 is 0 Å². The van der Waals surface area contributed by atoms with Gasteiger partial charge in [0.05, 0.1) is 12.7 Å². The van der Waals surface area contributed by atoms with Gasteiger partial charge in [-0.05, 0) is 48.9 Å². The molecule has 2 aromatic carbocycles. The zero-order valence-electron chi connectivity index (χ0n) is 12.8. The molecule has 1 heterocycles. The molecule has 1 aromatic heterocycles. The van der Waals surface area contributed by atoms with E-state index < -0.39 is 5.97 Å². The lowest BCUT2D eigenvalue weighted by atomic mass is 10.1. The number of nitrogens with one attached hydrogen (secondary N) is 1. The van der Waals surface area contributed by atoms with Crippen molar-refractivity contribution in [2.75, 3.05) is 12.4 Å². The van der Waals surface area contributed by atoms with Gasteiger partial charge in [-0.1, -0.05) is 6.07 Å². The number of aromatic carboxylic acids is 1. The lowest BCUT2D eigenvalue weighted by Crippen LogP contribution is -1.98. The number of carboxylic acid groups (broad SMARTS) is 1. The Labute approximate surface area is 133 Å². The lowest BCUT2D eigenvalue weighted by Gasteiger charge is -2.13. The molecule has 0 amide bonds. The first-order valence-electron chi connectivity index (χ1n) is 7.13. The van der Waals surface area contributed by atoms with Gasteiger partial charge in [-0.15, -0.1) is 0 Å². The smallest absolute Gasteiger partial charge is 0.335 e. The van der Waals surface area contributed by atoms with E-state index in [0.717, 1.165) is 33.6 Å². The molecular weight excluding hydrogens is 292 g/mol. The molecule has 3 aromatic rings. The molecule has 0 aliphatic rings. The van der Waals surface area contributed by atoms with E-state index in [1.165, 1.54) is 0 Å². The van der Waals surface area contributed by atoms with Gasteiger partial charge in [-0.2, -0.15) is 0 Å². The van der Waals surface area contributed by atoms with Crippen LogP contribution in [0.25, 0.3) is 10.9 Å². The number of hydrogen-bond acceptors (Lipinski definition) is 4. The Morgan fingerprint density at radius 1 is 1.13 bits per heavy atom. The summed E-state index contributed by atoms with van der Waals surface area (Å²) in [5, 5.41) is 13.3. The van der Waals surface area contributed by atoms with Crippen molar-refractivity contribution in [1.29, 1.82) is 0 Å². The molecule has 0 spiro atoms. The molecule has 3 rings (SSSR count). The largest absolute Gasteiger partial charge is 0.494 e. The SMILES string of the molecule is COc1ccc(C)c2c(Nc3ccc(C(=O)O)cc3)ccnc12. The number of hydrogen-bond donors (Lipinski definition) is 2. The Bertz CT molecular complexity index is 873. The third kappa shape index (κ3) is 2.81. The van der Waals surface area contributed by atoms with Gasteiger partial charge >= 0.3 is 5.97 Å². The number of carboxylic acids is 1. The number of aromatic nitrogens is 1. The Morgan fingerprint density at radius 2 is 1.87 bits per heavy atom. The minimum absolute atomic E-state index is 0.257. The van der Waals surface area contributed by atoms with E-state index in [1.54, 1.807) is 37.6 Å². The van der Waals surface area contributed by atoms with Gasteiger partial charge in [-0.3, -0.25) is 4.98 Å². The number of benzene rings is 2. The monoisotopic (exact) mass is 308 g/mol. The molecular formula is C18H16N2O3. The number of aryl methyl sites for hydroxylation is 1. The first kappa shape index (κ1) is 14.8. The van der Waals surface area contributed by atoms with Crippen molar-refractivity contribution < 1.29 is 14.6 Å². The molecule has 0 radical (unpaired) electrons. The predicted molar refractivity (Wildman–Crippen MR) is 89.7 cm³/mol. The quantitative estimate of drug-likeness (QED) is 0.762. The van der Waals surface area contributed by atoms with Crippen LogP contribution < -0.4 is 10.1 Å². The van der Waals surface area contributed by atoms with E-state index in [4.69, 9.17) is 9.84 Å². The average Bonchev–Trinajstić information content (AvgIpc) is 2.56. The first-order chi connectivity index (χ1) is 11.1. The van der Waals surface area contributed by atoms with Crippen LogP contribution in [0.3, 0.4) is 0 Å². The number of fused-ring (bicyclic) bond motifs is 1. The molecule has 2 N–H and O–H groups in total. The van der Waals surface area contributed by atoms with Crippen LogP contribution in [0.4, 0.5) is 11.4 Å². The summed E-state index contributed by atoms with van der Waals surface area (Å²) in [5.41, 5.74) is 3.84. The van der Waals surface area contributed by atoms with Crippen molar-refractivity contribution in [3.05, 3.63) is 59.8 Å². The summed E-state index contributed by atoms with van der Waals surface area (Å²) in [5.74, 6) is -0.220.